The molecule has 130 valence electrons. The van der Waals surface area contributed by atoms with Crippen molar-refractivity contribution >= 4 is 33.1 Å². The predicted octanol–water partition coefficient (Wildman–Crippen LogP) is 4.14. The van der Waals surface area contributed by atoms with Gasteiger partial charge in [0.15, 0.2) is 5.82 Å². The lowest BCUT2D eigenvalue weighted by atomic mass is 10.2. The molecule has 2 heterocycles. The molecule has 2 aromatic heterocycles. The van der Waals surface area contributed by atoms with Crippen LogP contribution in [0.4, 0.5) is 5.69 Å². The van der Waals surface area contributed by atoms with Crippen LogP contribution in [-0.2, 0) is 11.2 Å². The fourth-order valence-electron chi connectivity index (χ4n) is 2.61. The van der Waals surface area contributed by atoms with Gasteiger partial charge in [-0.1, -0.05) is 11.2 Å². The molecule has 0 fully saturated rings. The van der Waals surface area contributed by atoms with E-state index >= 15 is 0 Å². The summed E-state index contributed by atoms with van der Waals surface area (Å²) in [6.07, 6.45) is 0.0797. The third kappa shape index (κ3) is 3.48. The van der Waals surface area contributed by atoms with Crippen molar-refractivity contribution in [3.05, 3.63) is 59.7 Å². The number of nitrogens with one attached hydrogen (secondary N) is 1. The van der Waals surface area contributed by atoms with Crippen molar-refractivity contribution in [2.75, 3.05) is 5.32 Å². The molecule has 4 rings (SSSR count). The van der Waals surface area contributed by atoms with Crippen LogP contribution in [0.25, 0.3) is 20.8 Å². The SMILES string of the molecule is Cc1ccc2nc(-c3ccc(NC(=O)Cc4noc(C)n4)cc3)sc2c1. The quantitative estimate of drug-likeness (QED) is 0.588. The van der Waals surface area contributed by atoms with Gasteiger partial charge in [0.2, 0.25) is 11.8 Å². The Balaban J connectivity index is 1.48. The second-order valence-electron chi connectivity index (χ2n) is 6.02. The smallest absolute Gasteiger partial charge is 0.232 e. The zero-order chi connectivity index (χ0) is 18.1. The van der Waals surface area contributed by atoms with Crippen LogP contribution < -0.4 is 5.32 Å². The van der Waals surface area contributed by atoms with Gasteiger partial charge in [0, 0.05) is 18.2 Å². The summed E-state index contributed by atoms with van der Waals surface area (Å²) in [6.45, 7) is 3.77. The third-order valence-electron chi connectivity index (χ3n) is 3.85. The van der Waals surface area contributed by atoms with E-state index in [0.717, 1.165) is 21.8 Å². The van der Waals surface area contributed by atoms with Crippen molar-refractivity contribution in [1.82, 2.24) is 15.1 Å². The van der Waals surface area contributed by atoms with Crippen LogP contribution in [0.3, 0.4) is 0 Å². The highest BCUT2D eigenvalue weighted by molar-refractivity contribution is 7.21. The minimum Gasteiger partial charge on any atom is -0.340 e. The third-order valence-corrected chi connectivity index (χ3v) is 4.92. The first-order chi connectivity index (χ1) is 12.6. The highest BCUT2D eigenvalue weighted by Crippen LogP contribution is 2.31. The van der Waals surface area contributed by atoms with Gasteiger partial charge in [0.1, 0.15) is 5.01 Å². The summed E-state index contributed by atoms with van der Waals surface area (Å²) in [5.74, 6) is 0.638. The Hall–Kier alpha value is -3.06. The van der Waals surface area contributed by atoms with Crippen molar-refractivity contribution in [3.8, 4) is 10.6 Å². The van der Waals surface area contributed by atoms with Crippen LogP contribution in [0.2, 0.25) is 0 Å². The van der Waals surface area contributed by atoms with Crippen molar-refractivity contribution in [1.29, 1.82) is 0 Å². The van der Waals surface area contributed by atoms with Crippen LogP contribution in [0, 0.1) is 13.8 Å². The van der Waals surface area contributed by atoms with E-state index in [1.165, 1.54) is 10.3 Å². The average molecular weight is 364 g/mol. The summed E-state index contributed by atoms with van der Waals surface area (Å²) in [5.41, 5.74) is 3.97. The van der Waals surface area contributed by atoms with E-state index in [9.17, 15) is 4.79 Å². The highest BCUT2D eigenvalue weighted by atomic mass is 32.1. The Morgan fingerprint density at radius 2 is 1.92 bits per heavy atom. The zero-order valence-corrected chi connectivity index (χ0v) is 15.1. The summed E-state index contributed by atoms with van der Waals surface area (Å²) in [6, 6.07) is 13.9. The molecule has 0 radical (unpaired) electrons. The van der Waals surface area contributed by atoms with Crippen LogP contribution in [0.5, 0.6) is 0 Å². The molecule has 0 saturated carbocycles. The number of benzene rings is 2. The zero-order valence-electron chi connectivity index (χ0n) is 14.3. The minimum atomic E-state index is -0.186. The van der Waals surface area contributed by atoms with Gasteiger partial charge < -0.3 is 9.84 Å². The lowest BCUT2D eigenvalue weighted by Crippen LogP contribution is -2.15. The number of anilines is 1. The maximum absolute atomic E-state index is 12.1. The van der Waals surface area contributed by atoms with Gasteiger partial charge in [-0.15, -0.1) is 11.3 Å². The number of thiazole rings is 1. The van der Waals surface area contributed by atoms with Crippen molar-refractivity contribution in [2.45, 2.75) is 20.3 Å². The molecule has 26 heavy (non-hydrogen) atoms. The van der Waals surface area contributed by atoms with E-state index in [1.807, 2.05) is 30.3 Å². The molecular formula is C19H16N4O2S. The molecule has 1 amide bonds. The first kappa shape index (κ1) is 16.4. The number of amides is 1. The molecule has 1 N–H and O–H groups in total. The van der Waals surface area contributed by atoms with E-state index in [2.05, 4.69) is 39.5 Å². The van der Waals surface area contributed by atoms with Crippen LogP contribution in [0.15, 0.2) is 47.0 Å². The average Bonchev–Trinajstić information content (AvgIpc) is 3.21. The molecule has 0 saturated heterocycles. The monoisotopic (exact) mass is 364 g/mol. The molecule has 0 bridgehead atoms. The fourth-order valence-corrected chi connectivity index (χ4v) is 3.68. The van der Waals surface area contributed by atoms with E-state index < -0.39 is 0 Å². The van der Waals surface area contributed by atoms with Gasteiger partial charge in [-0.05, 0) is 48.9 Å². The second-order valence-corrected chi connectivity index (χ2v) is 7.05. The largest absolute Gasteiger partial charge is 0.340 e. The van der Waals surface area contributed by atoms with Crippen molar-refractivity contribution in [2.24, 2.45) is 0 Å². The van der Waals surface area contributed by atoms with Gasteiger partial charge in [-0.3, -0.25) is 4.79 Å². The molecule has 0 spiro atoms. The molecule has 0 aliphatic carbocycles. The molecular weight excluding hydrogens is 348 g/mol. The Morgan fingerprint density at radius 1 is 1.12 bits per heavy atom. The lowest BCUT2D eigenvalue weighted by Gasteiger charge is -2.04. The van der Waals surface area contributed by atoms with Crippen molar-refractivity contribution in [3.63, 3.8) is 0 Å². The van der Waals surface area contributed by atoms with Gasteiger partial charge in [-0.25, -0.2) is 4.98 Å². The molecule has 4 aromatic rings. The van der Waals surface area contributed by atoms with Crippen LogP contribution >= 0.6 is 11.3 Å². The number of hydrogen-bond donors (Lipinski definition) is 1. The first-order valence-electron chi connectivity index (χ1n) is 8.13. The number of nitrogens with zero attached hydrogens (tertiary/aromatic N) is 3. The summed E-state index contributed by atoms with van der Waals surface area (Å²) in [4.78, 5) is 20.8. The van der Waals surface area contributed by atoms with E-state index in [4.69, 9.17) is 4.52 Å². The Morgan fingerprint density at radius 3 is 2.65 bits per heavy atom. The van der Waals surface area contributed by atoms with Gasteiger partial charge in [-0.2, -0.15) is 4.98 Å². The van der Waals surface area contributed by atoms with Crippen molar-refractivity contribution < 1.29 is 9.32 Å². The number of fused-ring (bicyclic) bond motifs is 1. The van der Waals surface area contributed by atoms with Gasteiger partial charge in [0.25, 0.3) is 0 Å². The second kappa shape index (κ2) is 6.68. The molecule has 0 unspecified atom stereocenters. The van der Waals surface area contributed by atoms with Gasteiger partial charge in [0.05, 0.1) is 16.6 Å². The molecule has 2 aromatic carbocycles. The Bertz CT molecular complexity index is 1080. The summed E-state index contributed by atoms with van der Waals surface area (Å²) in [5, 5.41) is 7.52. The summed E-state index contributed by atoms with van der Waals surface area (Å²) >= 11 is 1.66. The fraction of sp³-hybridized carbons (Fsp3) is 0.158. The molecule has 0 aliphatic heterocycles. The number of aryl methyl sites for hydroxylation is 2. The maximum atomic E-state index is 12.1. The summed E-state index contributed by atoms with van der Waals surface area (Å²) < 4.78 is 6.04. The topological polar surface area (TPSA) is 80.9 Å². The number of rotatable bonds is 4. The van der Waals surface area contributed by atoms with E-state index in [-0.39, 0.29) is 12.3 Å². The summed E-state index contributed by atoms with van der Waals surface area (Å²) in [7, 11) is 0. The Labute approximate surface area is 153 Å². The lowest BCUT2D eigenvalue weighted by molar-refractivity contribution is -0.115. The predicted molar refractivity (Wildman–Crippen MR) is 101 cm³/mol. The van der Waals surface area contributed by atoms with E-state index in [0.29, 0.717) is 11.7 Å². The minimum absolute atomic E-state index is 0.0797. The normalized spacial score (nSPS) is 11.0. The highest BCUT2D eigenvalue weighted by Gasteiger charge is 2.10. The van der Waals surface area contributed by atoms with Crippen LogP contribution in [-0.4, -0.2) is 21.0 Å². The van der Waals surface area contributed by atoms with Crippen LogP contribution in [0.1, 0.15) is 17.3 Å². The standard InChI is InChI=1S/C19H16N4O2S/c1-11-3-8-15-16(9-11)26-19(22-15)13-4-6-14(7-5-13)21-18(24)10-17-20-12(2)25-23-17/h3-9H,10H2,1-2H3,(H,21,24). The number of aromatic nitrogens is 3. The maximum Gasteiger partial charge on any atom is 0.232 e. The molecule has 7 heteroatoms. The number of hydrogen-bond acceptors (Lipinski definition) is 6. The molecule has 0 atom stereocenters. The number of carbonyl (C=O) groups excluding carboxylic acids is 1. The number of carbonyl (C=O) groups is 1. The molecule has 6 nitrogen and oxygen atoms in total. The van der Waals surface area contributed by atoms with E-state index in [1.54, 1.807) is 18.3 Å². The first-order valence-corrected chi connectivity index (χ1v) is 8.95. The molecule has 0 aliphatic rings. The Kier molecular flexibility index (Phi) is 4.22. The van der Waals surface area contributed by atoms with Gasteiger partial charge >= 0.3 is 0 Å².